The lowest BCUT2D eigenvalue weighted by molar-refractivity contribution is 0.880. The number of para-hydroxylation sites is 2. The highest BCUT2D eigenvalue weighted by Crippen LogP contribution is 2.52. The molecule has 1 aliphatic carbocycles. The zero-order chi connectivity index (χ0) is 35.8. The van der Waals surface area contributed by atoms with Crippen molar-refractivity contribution in [1.29, 1.82) is 0 Å². The number of rotatable bonds is 6. The predicted molar refractivity (Wildman–Crippen MR) is 237 cm³/mol. The van der Waals surface area contributed by atoms with E-state index in [1.165, 1.54) is 67.7 Å². The molecular formula is C49H34N2S3. The van der Waals surface area contributed by atoms with Crippen LogP contribution in [0.2, 0.25) is 0 Å². The standard InChI is InChI=1S/C49H34N2S3/c1-31-26-42-41-29-35(50(32-12-4-2-5-13-32)34-20-23-46-39(28-34)37-16-8-10-18-44(37)52-46)21-25-48(41)54-49(42)43(27-31)51(33-14-6-3-7-15-33)36-22-24-47-40(30-36)38-17-9-11-19-45(38)53-47/h2-30,38,45H,1H3. The Bertz CT molecular complexity index is 2960. The molecule has 3 heterocycles. The fourth-order valence-corrected chi connectivity index (χ4v) is 11.9. The van der Waals surface area contributed by atoms with Crippen LogP contribution in [0.25, 0.3) is 40.3 Å². The van der Waals surface area contributed by atoms with Crippen molar-refractivity contribution in [2.75, 3.05) is 9.80 Å². The molecule has 258 valence electrons. The number of benzene rings is 7. The van der Waals surface area contributed by atoms with Crippen LogP contribution in [0.3, 0.4) is 0 Å². The molecule has 5 heteroatoms. The number of thiophene rings is 2. The van der Waals surface area contributed by atoms with Crippen LogP contribution in [0.5, 0.6) is 0 Å². The summed E-state index contributed by atoms with van der Waals surface area (Å²) < 4.78 is 5.21. The Labute approximate surface area is 326 Å². The molecule has 2 atom stereocenters. The van der Waals surface area contributed by atoms with E-state index in [0.717, 1.165) is 22.7 Å². The molecule has 0 saturated carbocycles. The summed E-state index contributed by atoms with van der Waals surface area (Å²) >= 11 is 5.74. The third-order valence-electron chi connectivity index (χ3n) is 10.8. The van der Waals surface area contributed by atoms with Crippen LogP contribution in [0.4, 0.5) is 34.1 Å². The molecule has 54 heavy (non-hydrogen) atoms. The number of allylic oxidation sites excluding steroid dienone is 3. The van der Waals surface area contributed by atoms with Crippen molar-refractivity contribution in [1.82, 2.24) is 0 Å². The molecule has 2 aliphatic rings. The Kier molecular flexibility index (Phi) is 7.54. The maximum absolute atomic E-state index is 2.48. The zero-order valence-corrected chi connectivity index (χ0v) is 32.0. The van der Waals surface area contributed by atoms with Gasteiger partial charge in [0.25, 0.3) is 0 Å². The lowest BCUT2D eigenvalue weighted by Crippen LogP contribution is -2.11. The molecule has 0 saturated heterocycles. The fraction of sp³-hybridized carbons (Fsp3) is 0.0612. The first kappa shape index (κ1) is 31.9. The first-order valence-corrected chi connectivity index (χ1v) is 20.9. The van der Waals surface area contributed by atoms with Crippen LogP contribution in [0.1, 0.15) is 17.0 Å². The number of anilines is 6. The van der Waals surface area contributed by atoms with Crippen LogP contribution in [0.15, 0.2) is 181 Å². The number of fused-ring (bicyclic) bond motifs is 9. The topological polar surface area (TPSA) is 6.48 Å². The summed E-state index contributed by atoms with van der Waals surface area (Å²) in [5, 5.41) is 5.65. The largest absolute Gasteiger partial charge is 0.310 e. The Morgan fingerprint density at radius 1 is 0.463 bits per heavy atom. The van der Waals surface area contributed by atoms with E-state index < -0.39 is 0 Å². The first-order valence-electron chi connectivity index (χ1n) is 18.4. The van der Waals surface area contributed by atoms with Crippen molar-refractivity contribution in [3.63, 3.8) is 0 Å². The van der Waals surface area contributed by atoms with Crippen LogP contribution in [0, 0.1) is 6.92 Å². The van der Waals surface area contributed by atoms with Crippen molar-refractivity contribution >= 4 is 109 Å². The van der Waals surface area contributed by atoms with E-state index >= 15 is 0 Å². The van der Waals surface area contributed by atoms with Crippen molar-refractivity contribution in [3.05, 3.63) is 187 Å². The molecule has 0 bridgehead atoms. The monoisotopic (exact) mass is 746 g/mol. The normalized spacial score (nSPS) is 16.0. The molecule has 2 aromatic heterocycles. The summed E-state index contributed by atoms with van der Waals surface area (Å²) in [6.07, 6.45) is 9.11. The van der Waals surface area contributed by atoms with Gasteiger partial charge < -0.3 is 9.80 Å². The molecule has 9 aromatic rings. The minimum absolute atomic E-state index is 0.402. The number of aryl methyl sites for hydroxylation is 1. The van der Waals surface area contributed by atoms with Crippen LogP contribution in [-0.4, -0.2) is 5.25 Å². The van der Waals surface area contributed by atoms with Gasteiger partial charge in [-0.2, -0.15) is 0 Å². The highest BCUT2D eigenvalue weighted by atomic mass is 32.2. The number of hydrogen-bond acceptors (Lipinski definition) is 5. The van der Waals surface area contributed by atoms with Crippen molar-refractivity contribution in [2.24, 2.45) is 0 Å². The molecule has 0 amide bonds. The summed E-state index contributed by atoms with van der Waals surface area (Å²) in [5.41, 5.74) is 9.69. The zero-order valence-electron chi connectivity index (χ0n) is 29.5. The predicted octanol–water partition coefficient (Wildman–Crippen LogP) is 15.4. The maximum atomic E-state index is 2.48. The van der Waals surface area contributed by atoms with Gasteiger partial charge in [0, 0.05) is 80.1 Å². The third-order valence-corrected chi connectivity index (χ3v) is 14.5. The molecule has 0 N–H and O–H groups in total. The van der Waals surface area contributed by atoms with E-state index in [4.69, 9.17) is 0 Å². The first-order chi connectivity index (χ1) is 26.7. The highest BCUT2D eigenvalue weighted by molar-refractivity contribution is 8.00. The van der Waals surface area contributed by atoms with Crippen LogP contribution in [-0.2, 0) is 0 Å². The summed E-state index contributed by atoms with van der Waals surface area (Å²) in [5.74, 6) is 0.402. The smallest absolute Gasteiger partial charge is 0.0643 e. The average molecular weight is 747 g/mol. The SMILES string of the molecule is Cc1cc(N(c2ccccc2)c2ccc3c(c2)C2C=CC=CC2S3)c2sc3ccc(N(c4ccccc4)c4ccc5sc6ccccc6c5c4)cc3c2c1. The van der Waals surface area contributed by atoms with Gasteiger partial charge in [-0.05, 0) is 115 Å². The number of nitrogens with zero attached hydrogens (tertiary/aromatic N) is 2. The van der Waals surface area contributed by atoms with Gasteiger partial charge in [-0.25, -0.2) is 0 Å². The molecule has 2 unspecified atom stereocenters. The number of hydrogen-bond donors (Lipinski definition) is 0. The quantitative estimate of drug-likeness (QED) is 0.167. The second kappa shape index (κ2) is 12.8. The van der Waals surface area contributed by atoms with Crippen LogP contribution < -0.4 is 9.80 Å². The third kappa shape index (κ3) is 5.22. The second-order valence-electron chi connectivity index (χ2n) is 14.2. The van der Waals surface area contributed by atoms with Gasteiger partial charge in [0.1, 0.15) is 0 Å². The molecule has 2 nitrogen and oxygen atoms in total. The Balaban J connectivity index is 1.09. The van der Waals surface area contributed by atoms with Gasteiger partial charge in [0.05, 0.1) is 10.4 Å². The summed E-state index contributed by atoms with van der Waals surface area (Å²) in [6, 6.07) is 56.2. The van der Waals surface area contributed by atoms with Crippen molar-refractivity contribution < 1.29 is 0 Å². The lowest BCUT2D eigenvalue weighted by Gasteiger charge is -2.27. The van der Waals surface area contributed by atoms with E-state index in [2.05, 4.69) is 193 Å². The van der Waals surface area contributed by atoms with Gasteiger partial charge in [-0.3, -0.25) is 0 Å². The maximum Gasteiger partial charge on any atom is 0.0643 e. The van der Waals surface area contributed by atoms with E-state index in [-0.39, 0.29) is 0 Å². The second-order valence-corrected chi connectivity index (χ2v) is 17.5. The molecular weight excluding hydrogens is 713 g/mol. The molecule has 0 fully saturated rings. The molecule has 0 spiro atoms. The summed E-state index contributed by atoms with van der Waals surface area (Å²) in [6.45, 7) is 2.24. The summed E-state index contributed by atoms with van der Waals surface area (Å²) in [4.78, 5) is 6.27. The van der Waals surface area contributed by atoms with E-state index in [9.17, 15) is 0 Å². The number of thioether (sulfide) groups is 1. The molecule has 0 radical (unpaired) electrons. The minimum atomic E-state index is 0.402. The van der Waals surface area contributed by atoms with E-state index in [1.807, 2.05) is 34.4 Å². The fourth-order valence-electron chi connectivity index (χ4n) is 8.35. The summed E-state index contributed by atoms with van der Waals surface area (Å²) in [7, 11) is 0. The average Bonchev–Trinajstić information content (AvgIpc) is 3.90. The van der Waals surface area contributed by atoms with E-state index in [1.54, 1.807) is 0 Å². The Morgan fingerprint density at radius 3 is 1.85 bits per heavy atom. The Hall–Kier alpha value is -5.59. The van der Waals surface area contributed by atoms with Crippen LogP contribution >= 0.6 is 34.4 Å². The molecule has 11 rings (SSSR count). The molecule has 1 aliphatic heterocycles. The van der Waals surface area contributed by atoms with Gasteiger partial charge in [0.2, 0.25) is 0 Å². The lowest BCUT2D eigenvalue weighted by atomic mass is 9.92. The van der Waals surface area contributed by atoms with E-state index in [0.29, 0.717) is 11.2 Å². The van der Waals surface area contributed by atoms with Gasteiger partial charge in [-0.1, -0.05) is 78.9 Å². The van der Waals surface area contributed by atoms with Gasteiger partial charge in [0.15, 0.2) is 0 Å². The van der Waals surface area contributed by atoms with Crippen molar-refractivity contribution in [2.45, 2.75) is 23.0 Å². The van der Waals surface area contributed by atoms with Gasteiger partial charge >= 0.3 is 0 Å². The minimum Gasteiger partial charge on any atom is -0.310 e. The highest BCUT2D eigenvalue weighted by Gasteiger charge is 2.32. The molecule has 7 aromatic carbocycles. The van der Waals surface area contributed by atoms with Crippen molar-refractivity contribution in [3.8, 4) is 0 Å². The van der Waals surface area contributed by atoms with Gasteiger partial charge in [-0.15, -0.1) is 34.4 Å². The Morgan fingerprint density at radius 2 is 1.07 bits per heavy atom.